The summed E-state index contributed by atoms with van der Waals surface area (Å²) >= 11 is 0. The number of hydrogen-bond donors (Lipinski definition) is 1. The number of carbonyl (C=O) groups excluding carboxylic acids is 2. The van der Waals surface area contributed by atoms with Gasteiger partial charge in [-0.2, -0.15) is 9.20 Å². The molecule has 0 spiro atoms. The van der Waals surface area contributed by atoms with E-state index in [9.17, 15) is 22.6 Å². The fraction of sp³-hybridized carbons (Fsp3) is 0.391. The van der Waals surface area contributed by atoms with Crippen LogP contribution in [0.1, 0.15) is 52.0 Å². The fourth-order valence-corrected chi connectivity index (χ4v) is 5.76. The Hall–Kier alpha value is -2.45. The molecular formula is C23H28N2O6PS+. The molecule has 0 saturated carbocycles. The van der Waals surface area contributed by atoms with Crippen molar-refractivity contribution in [2.75, 3.05) is 25.8 Å². The summed E-state index contributed by atoms with van der Waals surface area (Å²) in [6.45, 7) is 2.55. The molecule has 8 nitrogen and oxygen atoms in total. The summed E-state index contributed by atoms with van der Waals surface area (Å²) in [7, 11) is -5.97. The minimum atomic E-state index is -3.73. The highest BCUT2D eigenvalue weighted by molar-refractivity contribution is 7.89. The first kappa shape index (κ1) is 25.2. The molecule has 1 N–H and O–H groups in total. The van der Waals surface area contributed by atoms with Gasteiger partial charge in [0.05, 0.1) is 16.0 Å². The standard InChI is InChI=1S/C23H27N2O6PS/c1-18-10-12-19(13-11-18)33(30,31)24(15-6-7-17-32(28)29)14-4-5-16-25-22(26)20-8-2-3-9-21(20)23(25)27/h2-3,8-13H,4-7,14-17H2,1H3/p+1. The number of hydrogen-bond acceptors (Lipinski definition) is 5. The molecule has 1 atom stereocenters. The zero-order valence-corrected chi connectivity index (χ0v) is 20.2. The van der Waals surface area contributed by atoms with E-state index in [1.165, 1.54) is 9.21 Å². The van der Waals surface area contributed by atoms with Crippen molar-refractivity contribution >= 4 is 29.9 Å². The molecule has 0 saturated heterocycles. The van der Waals surface area contributed by atoms with E-state index in [4.69, 9.17) is 4.89 Å². The van der Waals surface area contributed by atoms with E-state index in [0.717, 1.165) is 5.56 Å². The molecule has 10 heteroatoms. The SMILES string of the molecule is Cc1ccc(S(=O)(=O)N(CCCCN2C(=O)c3ccccc3C2=O)CCCC[P+](=O)O)cc1. The van der Waals surface area contributed by atoms with E-state index in [-0.39, 0.29) is 42.5 Å². The third-order valence-electron chi connectivity index (χ3n) is 5.58. The summed E-state index contributed by atoms with van der Waals surface area (Å²) in [5.74, 6) is -0.643. The molecule has 2 aromatic rings. The highest BCUT2D eigenvalue weighted by Gasteiger charge is 2.34. The molecule has 0 fully saturated rings. The number of nitrogens with zero attached hydrogens (tertiary/aromatic N) is 2. The van der Waals surface area contributed by atoms with E-state index < -0.39 is 18.1 Å². The van der Waals surface area contributed by atoms with Crippen molar-refractivity contribution in [2.24, 2.45) is 0 Å². The zero-order chi connectivity index (χ0) is 24.0. The lowest BCUT2D eigenvalue weighted by Gasteiger charge is -2.22. The second-order valence-corrected chi connectivity index (χ2v) is 11.1. The molecule has 176 valence electrons. The van der Waals surface area contributed by atoms with Gasteiger partial charge < -0.3 is 0 Å². The monoisotopic (exact) mass is 491 g/mol. The van der Waals surface area contributed by atoms with Gasteiger partial charge in [0.25, 0.3) is 11.8 Å². The minimum absolute atomic E-state index is 0.132. The molecule has 2 aromatic carbocycles. The number of amides is 2. The summed E-state index contributed by atoms with van der Waals surface area (Å²) in [5, 5.41) is 0. The largest absolute Gasteiger partial charge is 0.505 e. The third-order valence-corrected chi connectivity index (χ3v) is 8.19. The first-order valence-electron chi connectivity index (χ1n) is 10.9. The van der Waals surface area contributed by atoms with Crippen LogP contribution in [0.5, 0.6) is 0 Å². The maximum atomic E-state index is 13.2. The van der Waals surface area contributed by atoms with Crippen LogP contribution in [-0.2, 0) is 14.6 Å². The Kier molecular flexibility index (Phi) is 8.48. The number of sulfonamides is 1. The molecule has 1 aliphatic rings. The van der Waals surface area contributed by atoms with Crippen LogP contribution in [-0.4, -0.2) is 60.1 Å². The van der Waals surface area contributed by atoms with Crippen LogP contribution >= 0.6 is 8.03 Å². The quantitative estimate of drug-likeness (QED) is 0.276. The van der Waals surface area contributed by atoms with E-state index in [1.54, 1.807) is 48.5 Å². The van der Waals surface area contributed by atoms with E-state index >= 15 is 0 Å². The van der Waals surface area contributed by atoms with Gasteiger partial charge in [-0.1, -0.05) is 29.8 Å². The molecular weight excluding hydrogens is 463 g/mol. The van der Waals surface area contributed by atoms with Gasteiger partial charge in [0.2, 0.25) is 10.0 Å². The minimum Gasteiger partial charge on any atom is -0.274 e. The zero-order valence-electron chi connectivity index (χ0n) is 18.5. The maximum absolute atomic E-state index is 13.2. The van der Waals surface area contributed by atoms with Crippen molar-refractivity contribution < 1.29 is 27.5 Å². The first-order valence-corrected chi connectivity index (χ1v) is 13.7. The molecule has 0 bridgehead atoms. The van der Waals surface area contributed by atoms with Gasteiger partial charge in [-0.15, -0.1) is 0 Å². The molecule has 0 radical (unpaired) electrons. The van der Waals surface area contributed by atoms with E-state index in [2.05, 4.69) is 0 Å². The van der Waals surface area contributed by atoms with Gasteiger partial charge in [-0.25, -0.2) is 8.42 Å². The van der Waals surface area contributed by atoms with Gasteiger partial charge in [0.1, 0.15) is 0 Å². The van der Waals surface area contributed by atoms with Gasteiger partial charge in [0.15, 0.2) is 6.16 Å². The average molecular weight is 492 g/mol. The van der Waals surface area contributed by atoms with Gasteiger partial charge in [-0.05, 0) is 61.4 Å². The van der Waals surface area contributed by atoms with Crippen LogP contribution in [0, 0.1) is 6.92 Å². The highest BCUT2D eigenvalue weighted by Crippen LogP contribution is 2.23. The average Bonchev–Trinajstić information content (AvgIpc) is 3.02. The maximum Gasteiger partial charge on any atom is 0.505 e. The Labute approximate surface area is 195 Å². The van der Waals surface area contributed by atoms with E-state index in [1.807, 2.05) is 6.92 Å². The van der Waals surface area contributed by atoms with Crippen molar-refractivity contribution in [2.45, 2.75) is 37.5 Å². The van der Waals surface area contributed by atoms with Crippen molar-refractivity contribution in [3.05, 3.63) is 65.2 Å². The van der Waals surface area contributed by atoms with Gasteiger partial charge in [-0.3, -0.25) is 14.5 Å². The second kappa shape index (κ2) is 11.1. The lowest BCUT2D eigenvalue weighted by atomic mass is 10.1. The second-order valence-electron chi connectivity index (χ2n) is 8.01. The number of carbonyl (C=O) groups is 2. The summed E-state index contributed by atoms with van der Waals surface area (Å²) in [6.07, 6.45) is 1.97. The van der Waals surface area contributed by atoms with Crippen LogP contribution < -0.4 is 0 Å². The topological polar surface area (TPSA) is 112 Å². The first-order chi connectivity index (χ1) is 15.7. The Morgan fingerprint density at radius 1 is 0.879 bits per heavy atom. The van der Waals surface area contributed by atoms with E-state index in [0.29, 0.717) is 36.8 Å². The molecule has 1 heterocycles. The molecule has 3 rings (SSSR count). The number of benzene rings is 2. The molecule has 2 amide bonds. The number of imide groups is 1. The van der Waals surface area contributed by atoms with Gasteiger partial charge >= 0.3 is 8.03 Å². The normalized spacial score (nSPS) is 14.2. The summed E-state index contributed by atoms with van der Waals surface area (Å²) < 4.78 is 38.7. The van der Waals surface area contributed by atoms with Crippen LogP contribution in [0.15, 0.2) is 53.4 Å². The molecule has 33 heavy (non-hydrogen) atoms. The summed E-state index contributed by atoms with van der Waals surface area (Å²) in [5.41, 5.74) is 1.75. The van der Waals surface area contributed by atoms with Crippen LogP contribution in [0.4, 0.5) is 0 Å². The third kappa shape index (κ3) is 6.12. The van der Waals surface area contributed by atoms with Crippen molar-refractivity contribution in [1.29, 1.82) is 0 Å². The Morgan fingerprint density at radius 2 is 1.42 bits per heavy atom. The van der Waals surface area contributed by atoms with Crippen LogP contribution in [0.3, 0.4) is 0 Å². The summed E-state index contributed by atoms with van der Waals surface area (Å²) in [4.78, 5) is 35.4. The fourth-order valence-electron chi connectivity index (χ4n) is 3.75. The Morgan fingerprint density at radius 3 is 1.97 bits per heavy atom. The highest BCUT2D eigenvalue weighted by atomic mass is 32.2. The predicted molar refractivity (Wildman–Crippen MR) is 125 cm³/mol. The molecule has 0 aliphatic carbocycles. The lowest BCUT2D eigenvalue weighted by Crippen LogP contribution is -2.34. The van der Waals surface area contributed by atoms with Crippen molar-refractivity contribution in [1.82, 2.24) is 9.21 Å². The Balaban J connectivity index is 1.61. The van der Waals surface area contributed by atoms with Crippen LogP contribution in [0.25, 0.3) is 0 Å². The van der Waals surface area contributed by atoms with Gasteiger partial charge in [0, 0.05) is 19.6 Å². The molecule has 1 unspecified atom stereocenters. The molecule has 1 aliphatic heterocycles. The number of fused-ring (bicyclic) bond motifs is 1. The van der Waals surface area contributed by atoms with Crippen LogP contribution in [0.2, 0.25) is 0 Å². The number of aryl methyl sites for hydroxylation is 1. The van der Waals surface area contributed by atoms with Crippen molar-refractivity contribution in [3.63, 3.8) is 0 Å². The molecule has 0 aromatic heterocycles. The number of rotatable bonds is 12. The van der Waals surface area contributed by atoms with Crippen molar-refractivity contribution in [3.8, 4) is 0 Å². The smallest absolute Gasteiger partial charge is 0.274 e. The summed E-state index contributed by atoms with van der Waals surface area (Å²) in [6, 6.07) is 13.3. The predicted octanol–water partition coefficient (Wildman–Crippen LogP) is 3.58. The lowest BCUT2D eigenvalue weighted by molar-refractivity contribution is 0.0651. The Bertz CT molecular complexity index is 1100. The number of unbranched alkanes of at least 4 members (excludes halogenated alkanes) is 2.